The van der Waals surface area contributed by atoms with E-state index in [1.54, 1.807) is 4.83 Å². The highest BCUT2D eigenvalue weighted by atomic mass is 32.2. The number of hydrogen-bond acceptors (Lipinski definition) is 7. The van der Waals surface area contributed by atoms with Crippen LogP contribution in [0.1, 0.15) is 12.8 Å². The van der Waals surface area contributed by atoms with Gasteiger partial charge in [0.1, 0.15) is 5.69 Å². The topological polar surface area (TPSA) is 156 Å². The summed E-state index contributed by atoms with van der Waals surface area (Å²) in [6, 6.07) is 2.42. The Kier molecular flexibility index (Phi) is 3.55. The zero-order valence-electron chi connectivity index (χ0n) is 12.4. The number of anilines is 1. The van der Waals surface area contributed by atoms with Crippen LogP contribution >= 0.6 is 0 Å². The number of nitrogens with zero attached hydrogens (tertiary/aromatic N) is 2. The van der Waals surface area contributed by atoms with Crippen molar-refractivity contribution in [3.05, 3.63) is 43.1 Å². The van der Waals surface area contributed by atoms with Crippen LogP contribution < -0.4 is 21.4 Å². The van der Waals surface area contributed by atoms with Gasteiger partial charge in [-0.25, -0.2) is 18.0 Å². The SMILES string of the molecule is CS(=O)(=O)Nn1c(=O)[nH]c2cc([N+](=O)[O-])c(NC3CC3)cc2c1=O. The van der Waals surface area contributed by atoms with Crippen molar-refractivity contribution in [3.8, 4) is 0 Å². The third-order valence-electron chi connectivity index (χ3n) is 3.40. The number of nitro groups is 1. The fourth-order valence-corrected chi connectivity index (χ4v) is 2.71. The third-order valence-corrected chi connectivity index (χ3v) is 3.92. The highest BCUT2D eigenvalue weighted by molar-refractivity contribution is 7.91. The van der Waals surface area contributed by atoms with Crippen molar-refractivity contribution in [3.63, 3.8) is 0 Å². The number of fused-ring (bicyclic) bond motifs is 1. The highest BCUT2D eigenvalue weighted by Crippen LogP contribution is 2.32. The van der Waals surface area contributed by atoms with Crippen LogP contribution in [0.4, 0.5) is 11.4 Å². The molecule has 1 aliphatic carbocycles. The van der Waals surface area contributed by atoms with E-state index in [9.17, 15) is 28.1 Å². The Morgan fingerprint density at radius 2 is 2.00 bits per heavy atom. The Morgan fingerprint density at radius 1 is 1.33 bits per heavy atom. The molecule has 0 saturated heterocycles. The standard InChI is InChI=1S/C12H13N5O6S/c1-24(22,23)15-16-11(18)7-4-9(13-6-2-3-6)10(17(20)21)5-8(7)14-12(16)19/h4-6,13,15H,2-3H2,1H3,(H,14,19). The Balaban J connectivity index is 2.26. The minimum absolute atomic E-state index is 0.0513. The van der Waals surface area contributed by atoms with Gasteiger partial charge in [-0.1, -0.05) is 0 Å². The second kappa shape index (κ2) is 5.33. The predicted octanol–water partition coefficient (Wildman–Crippen LogP) is -0.325. The molecule has 128 valence electrons. The van der Waals surface area contributed by atoms with E-state index in [1.807, 2.05) is 0 Å². The second-order valence-corrected chi connectivity index (χ2v) is 7.25. The largest absolute Gasteiger partial charge is 0.377 e. The van der Waals surface area contributed by atoms with Crippen LogP contribution in [0.15, 0.2) is 21.7 Å². The number of H-pyrrole nitrogens is 1. The van der Waals surface area contributed by atoms with Crippen molar-refractivity contribution in [1.29, 1.82) is 0 Å². The molecule has 0 aliphatic heterocycles. The van der Waals surface area contributed by atoms with Crippen molar-refractivity contribution in [1.82, 2.24) is 9.66 Å². The van der Waals surface area contributed by atoms with Crippen LogP contribution in [0.25, 0.3) is 10.9 Å². The molecule has 0 unspecified atom stereocenters. The molecule has 11 nitrogen and oxygen atoms in total. The molecule has 0 radical (unpaired) electrons. The minimum Gasteiger partial charge on any atom is -0.377 e. The van der Waals surface area contributed by atoms with Gasteiger partial charge in [0, 0.05) is 12.1 Å². The van der Waals surface area contributed by atoms with Gasteiger partial charge in [0.15, 0.2) is 0 Å². The number of hydrogen-bond donors (Lipinski definition) is 3. The first-order valence-electron chi connectivity index (χ1n) is 6.87. The maximum absolute atomic E-state index is 12.4. The van der Waals surface area contributed by atoms with Crippen LogP contribution in [0.2, 0.25) is 0 Å². The van der Waals surface area contributed by atoms with Crippen molar-refractivity contribution in [2.75, 3.05) is 16.4 Å². The van der Waals surface area contributed by atoms with Gasteiger partial charge in [-0.2, -0.15) is 4.68 Å². The molecule has 1 aromatic heterocycles. The summed E-state index contributed by atoms with van der Waals surface area (Å²) in [6.45, 7) is 0. The summed E-state index contributed by atoms with van der Waals surface area (Å²) in [5.41, 5.74) is -2.16. The Morgan fingerprint density at radius 3 is 2.54 bits per heavy atom. The van der Waals surface area contributed by atoms with E-state index in [2.05, 4.69) is 10.3 Å². The lowest BCUT2D eigenvalue weighted by Crippen LogP contribution is -2.43. The predicted molar refractivity (Wildman–Crippen MR) is 86.3 cm³/mol. The van der Waals surface area contributed by atoms with Crippen LogP contribution in [0, 0.1) is 10.1 Å². The fraction of sp³-hybridized carbons (Fsp3) is 0.333. The molecule has 3 rings (SSSR count). The first-order valence-corrected chi connectivity index (χ1v) is 8.76. The van der Waals surface area contributed by atoms with Crippen molar-refractivity contribution >= 4 is 32.3 Å². The summed E-state index contributed by atoms with van der Waals surface area (Å²) in [4.78, 5) is 38.9. The van der Waals surface area contributed by atoms with E-state index >= 15 is 0 Å². The normalized spacial score (nSPS) is 14.5. The minimum atomic E-state index is -3.86. The van der Waals surface area contributed by atoms with Crippen LogP contribution in [0.3, 0.4) is 0 Å². The van der Waals surface area contributed by atoms with Gasteiger partial charge in [-0.3, -0.25) is 14.9 Å². The molecule has 0 bridgehead atoms. The lowest BCUT2D eigenvalue weighted by molar-refractivity contribution is -0.383. The Labute approximate surface area is 134 Å². The molecule has 24 heavy (non-hydrogen) atoms. The number of nitro benzene ring substituents is 1. The first-order chi connectivity index (χ1) is 11.2. The molecular formula is C12H13N5O6S. The quantitative estimate of drug-likeness (QED) is 0.490. The van der Waals surface area contributed by atoms with E-state index in [-0.39, 0.29) is 28.3 Å². The van der Waals surface area contributed by atoms with E-state index in [1.165, 1.54) is 6.07 Å². The molecule has 1 fully saturated rings. The van der Waals surface area contributed by atoms with E-state index in [0.717, 1.165) is 25.2 Å². The number of rotatable bonds is 5. The summed E-state index contributed by atoms with van der Waals surface area (Å²) in [6.07, 6.45) is 2.51. The van der Waals surface area contributed by atoms with Gasteiger partial charge in [-0.15, -0.1) is 0 Å². The summed E-state index contributed by atoms with van der Waals surface area (Å²) < 4.78 is 22.9. The molecule has 1 heterocycles. The van der Waals surface area contributed by atoms with E-state index in [0.29, 0.717) is 4.68 Å². The lowest BCUT2D eigenvalue weighted by Gasteiger charge is -2.10. The average molecular weight is 355 g/mol. The molecule has 0 spiro atoms. The van der Waals surface area contributed by atoms with Gasteiger partial charge >= 0.3 is 5.69 Å². The van der Waals surface area contributed by atoms with Crippen molar-refractivity contribution in [2.24, 2.45) is 0 Å². The van der Waals surface area contributed by atoms with Crippen molar-refractivity contribution in [2.45, 2.75) is 18.9 Å². The summed E-state index contributed by atoms with van der Waals surface area (Å²) in [5, 5.41) is 14.1. The van der Waals surface area contributed by atoms with Crippen LogP contribution in [0.5, 0.6) is 0 Å². The van der Waals surface area contributed by atoms with Crippen molar-refractivity contribution < 1.29 is 13.3 Å². The number of aromatic amines is 1. The van der Waals surface area contributed by atoms with Crippen LogP contribution in [-0.4, -0.2) is 35.3 Å². The molecule has 3 N–H and O–H groups in total. The highest BCUT2D eigenvalue weighted by Gasteiger charge is 2.26. The smallest absolute Gasteiger partial charge is 0.348 e. The molecule has 1 saturated carbocycles. The molecule has 2 aromatic rings. The molecule has 12 heteroatoms. The average Bonchev–Trinajstić information content (AvgIpc) is 3.26. The third kappa shape index (κ3) is 3.08. The van der Waals surface area contributed by atoms with E-state index < -0.39 is 26.2 Å². The maximum Gasteiger partial charge on any atom is 0.348 e. The number of nitrogens with one attached hydrogen (secondary N) is 3. The number of aromatic nitrogens is 2. The van der Waals surface area contributed by atoms with Gasteiger partial charge < -0.3 is 10.3 Å². The monoisotopic (exact) mass is 355 g/mol. The van der Waals surface area contributed by atoms with E-state index in [4.69, 9.17) is 0 Å². The molecule has 0 atom stereocenters. The lowest BCUT2D eigenvalue weighted by atomic mass is 10.2. The number of sulfonamides is 1. The zero-order valence-corrected chi connectivity index (χ0v) is 13.2. The van der Waals surface area contributed by atoms with Gasteiger partial charge in [0.05, 0.1) is 22.1 Å². The maximum atomic E-state index is 12.4. The first kappa shape index (κ1) is 16.0. The second-order valence-electron chi connectivity index (χ2n) is 5.52. The van der Waals surface area contributed by atoms with Crippen LogP contribution in [-0.2, 0) is 10.0 Å². The van der Waals surface area contributed by atoms with Gasteiger partial charge in [0.25, 0.3) is 11.2 Å². The summed E-state index contributed by atoms with van der Waals surface area (Å²) in [5.74, 6) is 0. The Bertz CT molecular complexity index is 1070. The molecular weight excluding hydrogens is 342 g/mol. The summed E-state index contributed by atoms with van der Waals surface area (Å²) >= 11 is 0. The van der Waals surface area contributed by atoms with Gasteiger partial charge in [0.2, 0.25) is 10.0 Å². The fourth-order valence-electron chi connectivity index (χ4n) is 2.22. The molecule has 0 amide bonds. The Hall–Kier alpha value is -2.89. The zero-order chi connectivity index (χ0) is 17.6. The molecule has 1 aromatic carbocycles. The molecule has 1 aliphatic rings. The number of benzene rings is 1. The van der Waals surface area contributed by atoms with Gasteiger partial charge in [-0.05, 0) is 18.9 Å². The summed E-state index contributed by atoms with van der Waals surface area (Å²) in [7, 11) is -3.86.